The molecule has 8 heteroatoms. The number of piperazine rings is 1. The van der Waals surface area contributed by atoms with E-state index in [0.717, 1.165) is 53.5 Å². The van der Waals surface area contributed by atoms with Gasteiger partial charge in [-0.05, 0) is 43.4 Å². The number of carbonyl (C=O) groups is 1. The minimum Gasteiger partial charge on any atom is -0.438 e. The third-order valence-corrected chi connectivity index (χ3v) is 6.79. The number of aromatic nitrogens is 2. The number of hydrogen-bond donors (Lipinski definition) is 2. The van der Waals surface area contributed by atoms with Crippen molar-refractivity contribution in [2.45, 2.75) is 0 Å². The van der Waals surface area contributed by atoms with Crippen LogP contribution in [-0.2, 0) is 0 Å². The van der Waals surface area contributed by atoms with Gasteiger partial charge in [0.05, 0.1) is 23.1 Å². The standard InChI is InChI=1S/C30H28N6O2/c1-35-15-17-36(18-16-35)27-11-6-9-25-24(27)19-21(20-32-25)33-30(37)34-26-10-4-8-23-22(26)7-5-12-28(23)38-29-13-2-3-14-31-29/h2-14,19-20H,15-18H2,1H3,(H2,33,34,37). The number of urea groups is 1. The largest absolute Gasteiger partial charge is 0.438 e. The van der Waals surface area contributed by atoms with E-state index in [1.807, 2.05) is 66.7 Å². The highest BCUT2D eigenvalue weighted by Crippen LogP contribution is 2.33. The van der Waals surface area contributed by atoms with Gasteiger partial charge in [0.2, 0.25) is 5.88 Å². The summed E-state index contributed by atoms with van der Waals surface area (Å²) in [5.74, 6) is 1.18. The molecule has 190 valence electrons. The third-order valence-electron chi connectivity index (χ3n) is 6.79. The first-order valence-electron chi connectivity index (χ1n) is 12.6. The molecule has 1 fully saturated rings. The fourth-order valence-electron chi connectivity index (χ4n) is 4.81. The minimum atomic E-state index is -0.341. The molecule has 8 nitrogen and oxygen atoms in total. The number of benzene rings is 3. The Hall–Kier alpha value is -4.69. The van der Waals surface area contributed by atoms with Crippen LogP contribution in [0.25, 0.3) is 21.7 Å². The van der Waals surface area contributed by atoms with Crippen LogP contribution in [0, 0.1) is 0 Å². The van der Waals surface area contributed by atoms with Crippen molar-refractivity contribution in [1.29, 1.82) is 0 Å². The molecule has 0 atom stereocenters. The highest BCUT2D eigenvalue weighted by atomic mass is 16.5. The molecule has 2 N–H and O–H groups in total. The van der Waals surface area contributed by atoms with Gasteiger partial charge in [-0.15, -0.1) is 0 Å². The van der Waals surface area contributed by atoms with E-state index in [4.69, 9.17) is 4.74 Å². The molecule has 2 amide bonds. The summed E-state index contributed by atoms with van der Waals surface area (Å²) in [7, 11) is 2.15. The van der Waals surface area contributed by atoms with E-state index in [2.05, 4.69) is 43.5 Å². The summed E-state index contributed by atoms with van der Waals surface area (Å²) in [6, 6.07) is 24.8. The molecule has 0 saturated carbocycles. The number of pyridine rings is 2. The molecule has 6 rings (SSSR count). The molecular formula is C30H28N6O2. The van der Waals surface area contributed by atoms with Crippen LogP contribution in [0.15, 0.2) is 91.3 Å². The van der Waals surface area contributed by atoms with Crippen LogP contribution in [0.1, 0.15) is 0 Å². The number of likely N-dealkylation sites (N-methyl/N-ethyl adjacent to an activating group) is 1. The molecule has 1 aliphatic rings. The average Bonchev–Trinajstić information content (AvgIpc) is 2.94. The fraction of sp³-hybridized carbons (Fsp3) is 0.167. The molecule has 38 heavy (non-hydrogen) atoms. The van der Waals surface area contributed by atoms with Crippen molar-refractivity contribution in [3.63, 3.8) is 0 Å². The molecule has 2 aromatic heterocycles. The van der Waals surface area contributed by atoms with Crippen molar-refractivity contribution < 1.29 is 9.53 Å². The molecule has 3 aromatic carbocycles. The van der Waals surface area contributed by atoms with Crippen LogP contribution in [0.3, 0.4) is 0 Å². The van der Waals surface area contributed by atoms with E-state index in [1.54, 1.807) is 18.5 Å². The summed E-state index contributed by atoms with van der Waals surface area (Å²) in [6.07, 6.45) is 3.38. The van der Waals surface area contributed by atoms with Crippen LogP contribution in [0.2, 0.25) is 0 Å². The van der Waals surface area contributed by atoms with E-state index in [9.17, 15) is 4.79 Å². The first-order chi connectivity index (χ1) is 18.6. The predicted octanol–water partition coefficient (Wildman–Crippen LogP) is 5.97. The van der Waals surface area contributed by atoms with Gasteiger partial charge in [-0.25, -0.2) is 9.78 Å². The maximum absolute atomic E-state index is 13.1. The minimum absolute atomic E-state index is 0.341. The van der Waals surface area contributed by atoms with Crippen molar-refractivity contribution in [2.24, 2.45) is 0 Å². The molecule has 5 aromatic rings. The zero-order valence-corrected chi connectivity index (χ0v) is 21.1. The van der Waals surface area contributed by atoms with Crippen molar-refractivity contribution in [3.8, 4) is 11.6 Å². The van der Waals surface area contributed by atoms with E-state index in [0.29, 0.717) is 23.0 Å². The zero-order chi connectivity index (χ0) is 25.9. The van der Waals surface area contributed by atoms with Gasteiger partial charge < -0.3 is 25.2 Å². The molecule has 0 spiro atoms. The maximum atomic E-state index is 13.1. The van der Waals surface area contributed by atoms with Crippen LogP contribution >= 0.6 is 0 Å². The number of amides is 2. The third kappa shape index (κ3) is 4.94. The van der Waals surface area contributed by atoms with Gasteiger partial charge in [0.1, 0.15) is 5.75 Å². The predicted molar refractivity (Wildman–Crippen MR) is 152 cm³/mol. The smallest absolute Gasteiger partial charge is 0.323 e. The van der Waals surface area contributed by atoms with Crippen molar-refractivity contribution in [1.82, 2.24) is 14.9 Å². The van der Waals surface area contributed by atoms with Gasteiger partial charge >= 0.3 is 6.03 Å². The first-order valence-corrected chi connectivity index (χ1v) is 12.6. The van der Waals surface area contributed by atoms with Gasteiger partial charge in [0.25, 0.3) is 0 Å². The van der Waals surface area contributed by atoms with Gasteiger partial charge in [-0.3, -0.25) is 4.98 Å². The number of hydrogen-bond acceptors (Lipinski definition) is 6. The van der Waals surface area contributed by atoms with E-state index >= 15 is 0 Å². The molecule has 0 unspecified atom stereocenters. The second-order valence-electron chi connectivity index (χ2n) is 9.36. The maximum Gasteiger partial charge on any atom is 0.323 e. The van der Waals surface area contributed by atoms with Gasteiger partial charge in [-0.1, -0.05) is 36.4 Å². The lowest BCUT2D eigenvalue weighted by Crippen LogP contribution is -2.44. The fourth-order valence-corrected chi connectivity index (χ4v) is 4.81. The van der Waals surface area contributed by atoms with E-state index in [1.165, 1.54) is 0 Å². The van der Waals surface area contributed by atoms with Crippen molar-refractivity contribution in [2.75, 3.05) is 48.8 Å². The Morgan fingerprint density at radius 2 is 1.63 bits per heavy atom. The van der Waals surface area contributed by atoms with Gasteiger partial charge in [0.15, 0.2) is 0 Å². The van der Waals surface area contributed by atoms with E-state index in [-0.39, 0.29) is 6.03 Å². The lowest BCUT2D eigenvalue weighted by Gasteiger charge is -2.34. The number of carbonyl (C=O) groups excluding carboxylic acids is 1. The zero-order valence-electron chi connectivity index (χ0n) is 21.1. The Labute approximate surface area is 220 Å². The monoisotopic (exact) mass is 504 g/mol. The lowest BCUT2D eigenvalue weighted by atomic mass is 10.1. The van der Waals surface area contributed by atoms with Gasteiger partial charge in [0, 0.05) is 60.3 Å². The highest BCUT2D eigenvalue weighted by Gasteiger charge is 2.17. The Morgan fingerprint density at radius 3 is 2.47 bits per heavy atom. The molecule has 1 aliphatic heterocycles. The van der Waals surface area contributed by atoms with Crippen LogP contribution in [-0.4, -0.2) is 54.1 Å². The lowest BCUT2D eigenvalue weighted by molar-refractivity contribution is 0.262. The van der Waals surface area contributed by atoms with Gasteiger partial charge in [-0.2, -0.15) is 0 Å². The Morgan fingerprint density at radius 1 is 0.816 bits per heavy atom. The molecule has 0 aliphatic carbocycles. The number of rotatable bonds is 5. The number of nitrogens with zero attached hydrogens (tertiary/aromatic N) is 4. The molecular weight excluding hydrogens is 476 g/mol. The quantitative estimate of drug-likeness (QED) is 0.307. The molecule has 1 saturated heterocycles. The number of nitrogens with one attached hydrogen (secondary N) is 2. The Bertz CT molecular complexity index is 1600. The average molecular weight is 505 g/mol. The summed E-state index contributed by atoms with van der Waals surface area (Å²) in [5, 5.41) is 8.71. The number of anilines is 3. The number of fused-ring (bicyclic) bond motifs is 2. The van der Waals surface area contributed by atoms with E-state index < -0.39 is 0 Å². The summed E-state index contributed by atoms with van der Waals surface area (Å²) in [6.45, 7) is 3.95. The van der Waals surface area contributed by atoms with Crippen LogP contribution < -0.4 is 20.3 Å². The van der Waals surface area contributed by atoms with Crippen molar-refractivity contribution >= 4 is 44.8 Å². The molecule has 3 heterocycles. The summed E-state index contributed by atoms with van der Waals surface area (Å²) in [4.78, 5) is 26.6. The summed E-state index contributed by atoms with van der Waals surface area (Å²) < 4.78 is 6.00. The van der Waals surface area contributed by atoms with Crippen LogP contribution in [0.5, 0.6) is 11.6 Å². The first kappa shape index (κ1) is 23.7. The molecule has 0 radical (unpaired) electrons. The molecule has 0 bridgehead atoms. The normalized spacial score (nSPS) is 14.0. The summed E-state index contributed by atoms with van der Waals surface area (Å²) >= 11 is 0. The topological polar surface area (TPSA) is 82.6 Å². The van der Waals surface area contributed by atoms with Crippen molar-refractivity contribution in [3.05, 3.63) is 91.3 Å². The second-order valence-corrected chi connectivity index (χ2v) is 9.36. The number of ether oxygens (including phenoxy) is 1. The highest BCUT2D eigenvalue weighted by molar-refractivity contribution is 6.08. The summed E-state index contributed by atoms with van der Waals surface area (Å²) in [5.41, 5.74) is 3.36. The SMILES string of the molecule is CN1CCN(c2cccc3ncc(NC(=O)Nc4cccc5c(Oc6ccccn6)cccc45)cc23)CC1. The van der Waals surface area contributed by atoms with Crippen LogP contribution in [0.4, 0.5) is 21.9 Å². The second kappa shape index (κ2) is 10.4. The Balaban J connectivity index is 1.23. The Kier molecular flexibility index (Phi) is 6.46.